The van der Waals surface area contributed by atoms with Crippen molar-refractivity contribution >= 4 is 153 Å². The Hall–Kier alpha value is -14.2. The van der Waals surface area contributed by atoms with Gasteiger partial charge in [-0.1, -0.05) is 86.9 Å². The van der Waals surface area contributed by atoms with Crippen molar-refractivity contribution in [2.75, 3.05) is 17.6 Å². The molecule has 45 nitrogen and oxygen atoms in total. The summed E-state index contributed by atoms with van der Waals surface area (Å²) in [4.78, 5) is 273. The van der Waals surface area contributed by atoms with Gasteiger partial charge in [0.25, 0.3) is 0 Å². The number of carboxylic acid groups (broad SMARTS) is 9. The quantitative estimate of drug-likeness (QED) is 0.0281. The first-order valence-electron chi connectivity index (χ1n) is 42.2. The molecular formula is C85H113FN14O31. The van der Waals surface area contributed by atoms with Crippen LogP contribution in [0.1, 0.15) is 215 Å². The predicted octanol–water partition coefficient (Wildman–Crippen LogP) is 2.12. The number of aryl methyl sites for hydroxylation is 1. The van der Waals surface area contributed by atoms with Gasteiger partial charge < -0.3 is 115 Å². The van der Waals surface area contributed by atoms with Crippen LogP contribution < -0.4 is 64.6 Å². The molecule has 0 aliphatic rings. The topological polar surface area (TPSA) is 748 Å². The fraction of sp³-hybridized carbons (Fsp3) is 0.518. The third kappa shape index (κ3) is 41.2. The summed E-state index contributed by atoms with van der Waals surface area (Å²) < 4.78 is 15.6. The molecular weight excluding hydrogens is 1730 g/mol. The Morgan fingerprint density at radius 3 is 1.14 bits per heavy atom. The smallest absolute Gasteiger partial charge is 0.326 e. The summed E-state index contributed by atoms with van der Waals surface area (Å²) in [6.07, 6.45) is -4.85. The number of nitrogens with one attached hydrogen (secondary N) is 10. The number of benzene rings is 3. The molecule has 10 atom stereocenters. The summed E-state index contributed by atoms with van der Waals surface area (Å²) in [6, 6.07) is 1.04. The van der Waals surface area contributed by atoms with Crippen molar-refractivity contribution in [1.82, 2.24) is 57.6 Å². The highest BCUT2D eigenvalue weighted by atomic mass is 19.1. The number of hydrogen-bond acceptors (Lipinski definition) is 25. The molecule has 23 N–H and O–H groups in total. The van der Waals surface area contributed by atoms with Gasteiger partial charge in [0, 0.05) is 82.9 Å². The number of rotatable bonds is 65. The number of ketones is 2. The summed E-state index contributed by atoms with van der Waals surface area (Å²) in [7, 11) is 0. The van der Waals surface area contributed by atoms with Crippen LogP contribution in [-0.4, -0.2) is 247 Å². The molecule has 1 aromatic heterocycles. The van der Waals surface area contributed by atoms with E-state index in [-0.39, 0.29) is 55.6 Å². The van der Waals surface area contributed by atoms with Crippen LogP contribution in [0.3, 0.4) is 0 Å². The summed E-state index contributed by atoms with van der Waals surface area (Å²) in [5.41, 5.74) is 16.0. The van der Waals surface area contributed by atoms with Crippen LogP contribution in [0.5, 0.6) is 0 Å². The third-order valence-electron chi connectivity index (χ3n) is 20.7. The molecule has 0 fully saturated rings. The maximum Gasteiger partial charge on any atom is 0.326 e. The Morgan fingerprint density at radius 2 is 0.763 bits per heavy atom. The molecule has 0 bridgehead atoms. The molecule has 0 radical (unpaired) electrons. The number of anilines is 2. The molecule has 0 unspecified atom stereocenters. The normalized spacial score (nSPS) is 13.3. The van der Waals surface area contributed by atoms with E-state index in [0.717, 1.165) is 61.6 Å². The Balaban J connectivity index is 1.09. The number of aliphatic carboxylic acids is 9. The fourth-order valence-corrected chi connectivity index (χ4v) is 13.4. The standard InChI is InChI=1S/C85H113FN14O31/c1-45-16-24-53(86)49(41-45)43-72(111)90-50-21-19-47(20-22-50)52-13-12-14-63-74(52)75(88)99-100(63)73(112)15-10-8-6-4-3-5-7-9-11-40-89-71(110)44-54(87)76(113)98-62(85(130)131)32-39-70(109)97-61(84(128)129)31-38-69(108)96-60(83(126)127)30-37-68(107)95-59(82(124)125)29-36-67(106)94-58(81(122)123)28-35-66(105)93-57(80(120)121)27-34-65(104)92-56(79(118)119)26-33-64(103)91-55(78(116)117)25-23-51(102)42-48(77(114)115)18-17-46(2)101/h12-14,16,19-22,24,41,48,54-62H,3-11,15,17-18,23,25-40,42-44,87H2,1-2H3,(H2,88,99)(H,89,110)(H,90,111)(H,91,103)(H,92,104)(H,93,105)(H,94,106)(H,95,107)(H,96,108)(H,97,109)(H,98,113)(H,114,115)(H,116,117)(H,118,119)(H,120,121)(H,122,123)(H,124,125)(H,126,127)(H,128,129)(H,130,131)/t48-,54+,55+,56+,57+,58+,59+,60+,61+,62+/m1/s1. The number of aromatic nitrogens is 2. The largest absolute Gasteiger partial charge is 0.481 e. The number of halogens is 1. The molecule has 10 amide bonds. The summed E-state index contributed by atoms with van der Waals surface area (Å²) in [6.45, 7) is 3.30. The average Bonchev–Trinajstić information content (AvgIpc) is 1.62. The number of nitrogens with zero attached hydrogens (tertiary/aromatic N) is 2. The van der Waals surface area contributed by atoms with Gasteiger partial charge in [0.1, 0.15) is 65.7 Å². The van der Waals surface area contributed by atoms with E-state index in [4.69, 9.17) is 11.5 Å². The average molecular weight is 1850 g/mol. The SMILES string of the molecule is CC(=O)CC[C@H](CC(=O)CC[C@H](NC(=O)CC[C@H](NC(=O)CC[C@H](NC(=O)CC[C@H](NC(=O)CC[C@H](NC(=O)CC[C@H](NC(=O)CC[C@H](NC(=O)CC[C@H](NC(=O)[C@@H](N)CC(=O)NCCCCCCCCCCCC(=O)n1nc(N)c2c(-c3ccc(NC(=O)Cc4cc(C)ccc4F)cc3)cccc21)C(=O)O)C(=O)O)C(=O)O)C(=O)O)C(=O)O)C(=O)O)C(=O)O)C(=O)O)C(=O)O. The van der Waals surface area contributed by atoms with Crippen molar-refractivity contribution in [1.29, 1.82) is 0 Å². The minimum atomic E-state index is -1.88. The van der Waals surface area contributed by atoms with Crippen LogP contribution in [0.15, 0.2) is 60.7 Å². The zero-order valence-corrected chi connectivity index (χ0v) is 72.1. The van der Waals surface area contributed by atoms with Gasteiger partial charge in [0.05, 0.1) is 35.7 Å². The Morgan fingerprint density at radius 1 is 0.397 bits per heavy atom. The van der Waals surface area contributed by atoms with Crippen LogP contribution in [0.25, 0.3) is 22.0 Å². The number of carbonyl (C=O) groups is 22. The van der Waals surface area contributed by atoms with Gasteiger partial charge in [-0.15, -0.1) is 5.10 Å². The highest BCUT2D eigenvalue weighted by Crippen LogP contribution is 2.34. The molecule has 0 spiro atoms. The van der Waals surface area contributed by atoms with Crippen LogP contribution >= 0.6 is 0 Å². The molecule has 0 aliphatic heterocycles. The Labute approximate surface area is 748 Å². The second-order valence-electron chi connectivity index (χ2n) is 31.3. The number of unbranched alkanes of at least 4 members (excludes halogenated alkanes) is 8. The maximum absolute atomic E-state index is 14.3. The Bertz CT molecular complexity index is 4790. The number of nitrogen functional groups attached to an aromatic ring is 1. The summed E-state index contributed by atoms with van der Waals surface area (Å²) in [5.74, 6) is -27.2. The van der Waals surface area contributed by atoms with Crippen molar-refractivity contribution in [3.8, 4) is 11.1 Å². The molecule has 0 saturated carbocycles. The number of carboxylic acids is 9. The molecule has 3 aromatic carbocycles. The lowest BCUT2D eigenvalue weighted by Crippen LogP contribution is -2.50. The molecule has 131 heavy (non-hydrogen) atoms. The second-order valence-corrected chi connectivity index (χ2v) is 31.3. The molecule has 4 rings (SSSR count). The molecule has 1 heterocycles. The van der Waals surface area contributed by atoms with E-state index in [2.05, 4.69) is 37.0 Å². The molecule has 0 aliphatic carbocycles. The highest BCUT2D eigenvalue weighted by Gasteiger charge is 2.34. The van der Waals surface area contributed by atoms with Crippen molar-refractivity contribution in [3.05, 3.63) is 77.6 Å². The fourth-order valence-electron chi connectivity index (χ4n) is 13.4. The molecule has 716 valence electrons. The van der Waals surface area contributed by atoms with E-state index >= 15 is 0 Å². The van der Waals surface area contributed by atoms with E-state index in [0.29, 0.717) is 35.0 Å². The minimum absolute atomic E-state index is 0.117. The van der Waals surface area contributed by atoms with Crippen LogP contribution in [0, 0.1) is 18.7 Å². The van der Waals surface area contributed by atoms with Gasteiger partial charge in [0.2, 0.25) is 65.0 Å². The third-order valence-corrected chi connectivity index (χ3v) is 20.7. The van der Waals surface area contributed by atoms with Crippen molar-refractivity contribution in [2.24, 2.45) is 11.7 Å². The van der Waals surface area contributed by atoms with Crippen molar-refractivity contribution in [3.63, 3.8) is 0 Å². The van der Waals surface area contributed by atoms with Gasteiger partial charge >= 0.3 is 53.7 Å². The van der Waals surface area contributed by atoms with E-state index in [1.54, 1.807) is 48.5 Å². The molecule has 0 saturated heterocycles. The maximum atomic E-state index is 14.3. The number of amides is 10. The van der Waals surface area contributed by atoms with E-state index in [9.17, 15) is 156 Å². The predicted molar refractivity (Wildman–Crippen MR) is 457 cm³/mol. The van der Waals surface area contributed by atoms with Crippen LogP contribution in [-0.2, 0) is 107 Å². The molecule has 4 aromatic rings. The van der Waals surface area contributed by atoms with Crippen LogP contribution in [0.4, 0.5) is 15.9 Å². The number of Topliss-reactive ketones (excluding diaryl/α,β-unsaturated/α-hetero) is 2. The monoisotopic (exact) mass is 1840 g/mol. The van der Waals surface area contributed by atoms with E-state index in [1.165, 1.54) is 17.7 Å². The lowest BCUT2D eigenvalue weighted by Gasteiger charge is -2.19. The first kappa shape index (κ1) is 109. The van der Waals surface area contributed by atoms with Crippen molar-refractivity contribution in [2.45, 2.75) is 267 Å². The second kappa shape index (κ2) is 56.2. The first-order chi connectivity index (χ1) is 61.8. The number of hydrogen-bond donors (Lipinski definition) is 21. The number of nitrogens with two attached hydrogens (primary N) is 2. The van der Waals surface area contributed by atoms with Gasteiger partial charge in [-0.2, -0.15) is 4.68 Å². The highest BCUT2D eigenvalue weighted by molar-refractivity contribution is 6.06. The number of fused-ring (bicyclic) bond motifs is 1. The zero-order valence-electron chi connectivity index (χ0n) is 72.1. The van der Waals surface area contributed by atoms with Crippen LogP contribution in [0.2, 0.25) is 0 Å². The van der Waals surface area contributed by atoms with E-state index in [1.807, 2.05) is 34.3 Å². The Kier molecular flexibility index (Phi) is 46.8. The van der Waals surface area contributed by atoms with Gasteiger partial charge in [-0.05, 0) is 125 Å². The van der Waals surface area contributed by atoms with E-state index < -0.39 is 294 Å². The summed E-state index contributed by atoms with van der Waals surface area (Å²) in [5, 5.41) is 114. The number of carbonyl (C=O) groups excluding carboxylic acids is 13. The zero-order chi connectivity index (χ0) is 97.7. The lowest BCUT2D eigenvalue weighted by atomic mass is 9.94. The van der Waals surface area contributed by atoms with Gasteiger partial charge in [0.15, 0.2) is 5.82 Å². The lowest BCUT2D eigenvalue weighted by molar-refractivity contribution is -0.145. The summed E-state index contributed by atoms with van der Waals surface area (Å²) >= 11 is 0. The van der Waals surface area contributed by atoms with Gasteiger partial charge in [-0.3, -0.25) is 62.3 Å². The minimum Gasteiger partial charge on any atom is -0.481 e. The first-order valence-corrected chi connectivity index (χ1v) is 42.2. The molecule has 46 heteroatoms. The van der Waals surface area contributed by atoms with Gasteiger partial charge in [-0.25, -0.2) is 42.7 Å². The van der Waals surface area contributed by atoms with Crippen molar-refractivity contribution < 1.29 is 156 Å².